The lowest BCUT2D eigenvalue weighted by molar-refractivity contribution is -0.655. The van der Waals surface area contributed by atoms with Crippen LogP contribution in [0.3, 0.4) is 0 Å². The molecule has 2 N–H and O–H groups in total. The van der Waals surface area contributed by atoms with Gasteiger partial charge in [0.25, 0.3) is 0 Å². The molecule has 138 valence electrons. The Kier molecular flexibility index (Phi) is 5.16. The second-order valence-corrected chi connectivity index (χ2v) is 7.32. The zero-order valence-electron chi connectivity index (χ0n) is 16.2. The second kappa shape index (κ2) is 7.89. The van der Waals surface area contributed by atoms with Crippen molar-refractivity contribution >= 4 is 5.82 Å². The molecule has 0 unspecified atom stereocenters. The number of hydrogen-bond acceptors (Lipinski definition) is 3. The number of hydrogen-bond donors (Lipinski definition) is 1. The van der Waals surface area contributed by atoms with Crippen molar-refractivity contribution < 1.29 is 5.32 Å². The Balaban J connectivity index is 1.79. The Labute approximate surface area is 161 Å². The van der Waals surface area contributed by atoms with Crippen molar-refractivity contribution in [2.75, 3.05) is 31.1 Å². The van der Waals surface area contributed by atoms with E-state index in [4.69, 9.17) is 9.97 Å². The molecule has 1 aromatic heterocycles. The Morgan fingerprint density at radius 3 is 2.44 bits per heavy atom. The Bertz CT molecular complexity index is 915. The van der Waals surface area contributed by atoms with Gasteiger partial charge >= 0.3 is 0 Å². The first-order valence-electron chi connectivity index (χ1n) is 9.76. The van der Waals surface area contributed by atoms with E-state index in [1.54, 1.807) is 0 Å². The van der Waals surface area contributed by atoms with Crippen molar-refractivity contribution in [2.45, 2.75) is 20.3 Å². The Morgan fingerprint density at radius 2 is 1.70 bits per heavy atom. The van der Waals surface area contributed by atoms with E-state index in [2.05, 4.69) is 78.7 Å². The SMILES string of the molecule is Cc1cccc(-c2nc(C)c(Cc3ccccc3)c(N3CC[NH2+]CC3)n2)c1. The number of aromatic nitrogens is 2. The number of rotatable bonds is 4. The van der Waals surface area contributed by atoms with Gasteiger partial charge in [-0.2, -0.15) is 0 Å². The molecule has 1 fully saturated rings. The fourth-order valence-corrected chi connectivity index (χ4v) is 3.72. The number of nitrogens with zero attached hydrogens (tertiary/aromatic N) is 3. The number of benzene rings is 2. The van der Waals surface area contributed by atoms with Crippen LogP contribution in [0.5, 0.6) is 0 Å². The molecule has 1 aliphatic rings. The average Bonchev–Trinajstić information content (AvgIpc) is 2.71. The normalized spacial score (nSPS) is 14.4. The standard InChI is InChI=1S/C23H26N4/c1-17-7-6-10-20(15-17)22-25-18(2)21(16-19-8-4-3-5-9-19)23(26-22)27-13-11-24-12-14-27/h3-10,15,24H,11-14,16H2,1-2H3/p+1. The summed E-state index contributed by atoms with van der Waals surface area (Å²) in [5, 5.41) is 2.38. The van der Waals surface area contributed by atoms with Crippen molar-refractivity contribution in [3.05, 3.63) is 77.0 Å². The van der Waals surface area contributed by atoms with Gasteiger partial charge in [-0.25, -0.2) is 9.97 Å². The maximum absolute atomic E-state index is 5.07. The predicted molar refractivity (Wildman–Crippen MR) is 110 cm³/mol. The summed E-state index contributed by atoms with van der Waals surface area (Å²) in [6, 6.07) is 19.1. The number of piperazine rings is 1. The molecule has 4 nitrogen and oxygen atoms in total. The van der Waals surface area contributed by atoms with Gasteiger partial charge in [-0.05, 0) is 25.5 Å². The molecule has 3 aromatic rings. The molecule has 27 heavy (non-hydrogen) atoms. The molecule has 2 heterocycles. The predicted octanol–water partition coefficient (Wildman–Crippen LogP) is 2.73. The van der Waals surface area contributed by atoms with Crippen LogP contribution in [0, 0.1) is 13.8 Å². The molecule has 0 bridgehead atoms. The monoisotopic (exact) mass is 359 g/mol. The molecule has 0 aliphatic carbocycles. The van der Waals surface area contributed by atoms with Crippen molar-refractivity contribution in [3.8, 4) is 11.4 Å². The fraction of sp³-hybridized carbons (Fsp3) is 0.304. The molecule has 2 aromatic carbocycles. The van der Waals surface area contributed by atoms with Crippen LogP contribution in [0.25, 0.3) is 11.4 Å². The molecule has 1 saturated heterocycles. The van der Waals surface area contributed by atoms with Gasteiger partial charge in [-0.3, -0.25) is 0 Å². The van der Waals surface area contributed by atoms with Gasteiger partial charge in [0.2, 0.25) is 0 Å². The minimum Gasteiger partial charge on any atom is -0.345 e. The summed E-state index contributed by atoms with van der Waals surface area (Å²) >= 11 is 0. The molecule has 1 aliphatic heterocycles. The first-order chi connectivity index (χ1) is 13.2. The molecule has 0 amide bonds. The molecule has 0 saturated carbocycles. The van der Waals surface area contributed by atoms with Gasteiger partial charge in [-0.15, -0.1) is 0 Å². The van der Waals surface area contributed by atoms with Crippen LogP contribution >= 0.6 is 0 Å². The van der Waals surface area contributed by atoms with Crippen molar-refractivity contribution in [3.63, 3.8) is 0 Å². The first-order valence-corrected chi connectivity index (χ1v) is 9.76. The quantitative estimate of drug-likeness (QED) is 0.779. The van der Waals surface area contributed by atoms with E-state index < -0.39 is 0 Å². The highest BCUT2D eigenvalue weighted by molar-refractivity contribution is 5.62. The van der Waals surface area contributed by atoms with Gasteiger partial charge in [-0.1, -0.05) is 54.1 Å². The molecule has 0 radical (unpaired) electrons. The first kappa shape index (κ1) is 17.7. The highest BCUT2D eigenvalue weighted by Crippen LogP contribution is 2.27. The second-order valence-electron chi connectivity index (χ2n) is 7.32. The topological polar surface area (TPSA) is 45.6 Å². The lowest BCUT2D eigenvalue weighted by Crippen LogP contribution is -2.89. The van der Waals surface area contributed by atoms with Gasteiger partial charge in [0.1, 0.15) is 5.82 Å². The summed E-state index contributed by atoms with van der Waals surface area (Å²) in [5.41, 5.74) is 5.96. The van der Waals surface area contributed by atoms with E-state index in [1.807, 2.05) is 0 Å². The lowest BCUT2D eigenvalue weighted by atomic mass is 10.0. The smallest absolute Gasteiger partial charge is 0.161 e. The highest BCUT2D eigenvalue weighted by Gasteiger charge is 2.21. The molecule has 4 rings (SSSR count). The lowest BCUT2D eigenvalue weighted by Gasteiger charge is -2.29. The van der Waals surface area contributed by atoms with Gasteiger partial charge in [0, 0.05) is 23.2 Å². The number of aryl methyl sites for hydroxylation is 2. The third-order valence-electron chi connectivity index (χ3n) is 5.20. The van der Waals surface area contributed by atoms with E-state index >= 15 is 0 Å². The van der Waals surface area contributed by atoms with Gasteiger partial charge in [0.05, 0.1) is 26.2 Å². The zero-order valence-corrected chi connectivity index (χ0v) is 16.2. The summed E-state index contributed by atoms with van der Waals surface area (Å²) in [5.74, 6) is 1.94. The minimum absolute atomic E-state index is 0.831. The Hall–Kier alpha value is -2.72. The molecular weight excluding hydrogens is 332 g/mol. The average molecular weight is 359 g/mol. The summed E-state index contributed by atoms with van der Waals surface area (Å²) in [4.78, 5) is 12.4. The van der Waals surface area contributed by atoms with E-state index in [1.165, 1.54) is 16.7 Å². The summed E-state index contributed by atoms with van der Waals surface area (Å²) in [6.07, 6.45) is 0.871. The Morgan fingerprint density at radius 1 is 0.926 bits per heavy atom. The summed E-state index contributed by atoms with van der Waals surface area (Å²) in [6.45, 7) is 8.54. The minimum atomic E-state index is 0.831. The van der Waals surface area contributed by atoms with Crippen molar-refractivity contribution in [1.82, 2.24) is 9.97 Å². The van der Waals surface area contributed by atoms with E-state index in [-0.39, 0.29) is 0 Å². The highest BCUT2D eigenvalue weighted by atomic mass is 15.2. The zero-order chi connectivity index (χ0) is 18.6. The van der Waals surface area contributed by atoms with Crippen LogP contribution in [0.4, 0.5) is 5.82 Å². The van der Waals surface area contributed by atoms with Crippen LogP contribution in [0.2, 0.25) is 0 Å². The fourth-order valence-electron chi connectivity index (χ4n) is 3.72. The third-order valence-corrected chi connectivity index (χ3v) is 5.20. The molecular formula is C23H27N4+. The van der Waals surface area contributed by atoms with Gasteiger partial charge in [0.15, 0.2) is 5.82 Å². The molecule has 0 atom stereocenters. The number of quaternary nitrogens is 1. The third kappa shape index (κ3) is 4.01. The molecule has 4 heteroatoms. The van der Waals surface area contributed by atoms with Crippen LogP contribution < -0.4 is 10.2 Å². The number of anilines is 1. The van der Waals surface area contributed by atoms with E-state index in [0.29, 0.717) is 0 Å². The van der Waals surface area contributed by atoms with Crippen molar-refractivity contribution in [2.24, 2.45) is 0 Å². The van der Waals surface area contributed by atoms with Crippen LogP contribution in [-0.2, 0) is 6.42 Å². The summed E-state index contributed by atoms with van der Waals surface area (Å²) in [7, 11) is 0. The largest absolute Gasteiger partial charge is 0.345 e. The van der Waals surface area contributed by atoms with Crippen LogP contribution in [0.1, 0.15) is 22.4 Å². The number of nitrogens with two attached hydrogens (primary N) is 1. The van der Waals surface area contributed by atoms with Gasteiger partial charge < -0.3 is 10.2 Å². The van der Waals surface area contributed by atoms with Crippen molar-refractivity contribution in [1.29, 1.82) is 0 Å². The van der Waals surface area contributed by atoms with E-state index in [0.717, 1.165) is 55.5 Å². The van der Waals surface area contributed by atoms with Crippen LogP contribution in [-0.4, -0.2) is 36.1 Å². The maximum Gasteiger partial charge on any atom is 0.161 e. The summed E-state index contributed by atoms with van der Waals surface area (Å²) < 4.78 is 0. The van der Waals surface area contributed by atoms with E-state index in [9.17, 15) is 0 Å². The molecule has 0 spiro atoms. The maximum atomic E-state index is 5.07. The van der Waals surface area contributed by atoms with Crippen LogP contribution in [0.15, 0.2) is 54.6 Å².